The van der Waals surface area contributed by atoms with Crippen molar-refractivity contribution in [3.63, 3.8) is 0 Å². The summed E-state index contributed by atoms with van der Waals surface area (Å²) in [6.45, 7) is 3.97. The van der Waals surface area contributed by atoms with Crippen LogP contribution in [0.5, 0.6) is 5.75 Å². The Hall–Kier alpha value is -2.72. The number of aromatic hydroxyl groups is 1. The van der Waals surface area contributed by atoms with E-state index in [9.17, 15) is 9.90 Å². The third-order valence-electron chi connectivity index (χ3n) is 2.72. The van der Waals surface area contributed by atoms with Crippen LogP contribution in [0.15, 0.2) is 29.8 Å². The second-order valence-corrected chi connectivity index (χ2v) is 5.82. The highest BCUT2D eigenvalue weighted by Crippen LogP contribution is 2.23. The summed E-state index contributed by atoms with van der Waals surface area (Å²) < 4.78 is 0. The van der Waals surface area contributed by atoms with Crippen molar-refractivity contribution in [2.24, 2.45) is 0 Å². The van der Waals surface area contributed by atoms with E-state index < -0.39 is 5.91 Å². The summed E-state index contributed by atoms with van der Waals surface area (Å²) in [7, 11) is 0. The fourth-order valence-corrected chi connectivity index (χ4v) is 2.31. The average Bonchev–Trinajstić information content (AvgIpc) is 2.95. The molecule has 2 N–H and O–H groups in total. The lowest BCUT2D eigenvalue weighted by Crippen LogP contribution is -2.13. The molecule has 2 rings (SSSR count). The molecule has 0 unspecified atom stereocenters. The summed E-state index contributed by atoms with van der Waals surface area (Å²) >= 11 is 1.28. The van der Waals surface area contributed by atoms with E-state index in [2.05, 4.69) is 15.5 Å². The van der Waals surface area contributed by atoms with Crippen molar-refractivity contribution in [1.82, 2.24) is 10.2 Å². The van der Waals surface area contributed by atoms with Crippen LogP contribution in [0, 0.1) is 11.3 Å². The van der Waals surface area contributed by atoms with E-state index in [1.807, 2.05) is 19.9 Å². The lowest BCUT2D eigenvalue weighted by Gasteiger charge is -2.00. The van der Waals surface area contributed by atoms with Gasteiger partial charge in [0.1, 0.15) is 22.4 Å². The molecule has 112 valence electrons. The van der Waals surface area contributed by atoms with Gasteiger partial charge in [-0.3, -0.25) is 10.1 Å². The van der Waals surface area contributed by atoms with Gasteiger partial charge in [0.15, 0.2) is 0 Å². The summed E-state index contributed by atoms with van der Waals surface area (Å²) in [6, 6.07) is 8.05. The number of hydrogen-bond acceptors (Lipinski definition) is 6. The number of anilines is 1. The summed E-state index contributed by atoms with van der Waals surface area (Å²) in [5.74, 6) is -0.191. The number of nitrogens with one attached hydrogen (secondary N) is 1. The van der Waals surface area contributed by atoms with Crippen LogP contribution in [0.3, 0.4) is 0 Å². The van der Waals surface area contributed by atoms with Crippen LogP contribution < -0.4 is 5.32 Å². The van der Waals surface area contributed by atoms with Crippen molar-refractivity contribution in [3.8, 4) is 11.8 Å². The Labute approximate surface area is 131 Å². The van der Waals surface area contributed by atoms with E-state index in [1.54, 1.807) is 12.1 Å². The zero-order valence-corrected chi connectivity index (χ0v) is 12.9. The molecule has 0 aliphatic heterocycles. The van der Waals surface area contributed by atoms with Crippen LogP contribution in [-0.2, 0) is 4.79 Å². The Bertz CT molecular complexity index is 742. The van der Waals surface area contributed by atoms with E-state index in [0.717, 1.165) is 5.01 Å². The Morgan fingerprint density at radius 2 is 2.05 bits per heavy atom. The van der Waals surface area contributed by atoms with Gasteiger partial charge in [0.25, 0.3) is 5.91 Å². The molecule has 22 heavy (non-hydrogen) atoms. The number of carbonyl (C=O) groups is 1. The van der Waals surface area contributed by atoms with E-state index in [4.69, 9.17) is 5.26 Å². The Balaban J connectivity index is 2.14. The number of rotatable bonds is 4. The molecule has 2 aromatic rings. The highest BCUT2D eigenvalue weighted by Gasteiger charge is 2.13. The van der Waals surface area contributed by atoms with E-state index in [1.165, 1.54) is 29.5 Å². The van der Waals surface area contributed by atoms with Gasteiger partial charge >= 0.3 is 0 Å². The summed E-state index contributed by atoms with van der Waals surface area (Å²) in [5.41, 5.74) is 0.594. The molecule has 0 aliphatic carbocycles. The van der Waals surface area contributed by atoms with Crippen LogP contribution in [0.2, 0.25) is 0 Å². The predicted molar refractivity (Wildman–Crippen MR) is 84.3 cm³/mol. The molecule has 1 heterocycles. The molecular weight excluding hydrogens is 300 g/mol. The Kier molecular flexibility index (Phi) is 4.86. The molecule has 6 nitrogen and oxygen atoms in total. The van der Waals surface area contributed by atoms with Crippen molar-refractivity contribution < 1.29 is 9.90 Å². The quantitative estimate of drug-likeness (QED) is 0.667. The number of amides is 1. The molecule has 1 aromatic heterocycles. The predicted octanol–water partition coefficient (Wildman–Crippen LogP) is 2.91. The molecule has 0 fully saturated rings. The molecule has 0 aliphatic rings. The van der Waals surface area contributed by atoms with Crippen molar-refractivity contribution in [3.05, 3.63) is 40.4 Å². The number of phenolic OH excluding ortho intramolecular Hbond substituents is 1. The summed E-state index contributed by atoms with van der Waals surface area (Å²) in [4.78, 5) is 12.1. The van der Waals surface area contributed by atoms with Crippen LogP contribution in [0.4, 0.5) is 5.13 Å². The smallest absolute Gasteiger partial charge is 0.268 e. The van der Waals surface area contributed by atoms with Gasteiger partial charge in [-0.1, -0.05) is 37.3 Å². The lowest BCUT2D eigenvalue weighted by atomic mass is 10.1. The molecule has 0 spiro atoms. The minimum absolute atomic E-state index is 0.0491. The molecule has 0 atom stereocenters. The first-order valence-corrected chi connectivity index (χ1v) is 7.37. The molecule has 0 saturated carbocycles. The molecular formula is C15H14N4O2S. The van der Waals surface area contributed by atoms with E-state index in [-0.39, 0.29) is 17.2 Å². The van der Waals surface area contributed by atoms with Gasteiger partial charge in [-0.05, 0) is 23.8 Å². The first-order chi connectivity index (χ1) is 10.5. The van der Waals surface area contributed by atoms with Gasteiger partial charge in [0, 0.05) is 5.92 Å². The summed E-state index contributed by atoms with van der Waals surface area (Å²) in [6.07, 6.45) is 1.44. The van der Waals surface area contributed by atoms with Crippen molar-refractivity contribution in [2.75, 3.05) is 5.32 Å². The van der Waals surface area contributed by atoms with Crippen LogP contribution >= 0.6 is 11.3 Å². The van der Waals surface area contributed by atoms with Gasteiger partial charge in [-0.25, -0.2) is 0 Å². The Morgan fingerprint density at radius 3 is 2.59 bits per heavy atom. The average molecular weight is 314 g/mol. The second kappa shape index (κ2) is 6.83. The Morgan fingerprint density at radius 1 is 1.36 bits per heavy atom. The molecule has 7 heteroatoms. The monoisotopic (exact) mass is 314 g/mol. The summed E-state index contributed by atoms with van der Waals surface area (Å²) in [5, 5.41) is 29.9. The molecule has 1 amide bonds. The minimum Gasteiger partial charge on any atom is -0.508 e. The lowest BCUT2D eigenvalue weighted by molar-refractivity contribution is -0.112. The maximum absolute atomic E-state index is 12.1. The standard InChI is InChI=1S/C15H14N4O2S/c1-9(2)14-18-19-15(22-14)17-13(21)11(8-16)7-10-3-5-12(20)6-4-10/h3-7,9,20H,1-2H3,(H,17,19,21)/b11-7-. The van der Waals surface area contributed by atoms with Gasteiger partial charge in [0.2, 0.25) is 5.13 Å². The highest BCUT2D eigenvalue weighted by atomic mass is 32.1. The normalized spacial score (nSPS) is 11.3. The van der Waals surface area contributed by atoms with Crippen LogP contribution in [0.25, 0.3) is 6.08 Å². The van der Waals surface area contributed by atoms with Crippen molar-refractivity contribution >= 4 is 28.5 Å². The first-order valence-electron chi connectivity index (χ1n) is 6.55. The van der Waals surface area contributed by atoms with Crippen molar-refractivity contribution in [1.29, 1.82) is 5.26 Å². The highest BCUT2D eigenvalue weighted by molar-refractivity contribution is 7.15. The zero-order valence-electron chi connectivity index (χ0n) is 12.1. The first kappa shape index (κ1) is 15.7. The van der Waals surface area contributed by atoms with Crippen molar-refractivity contribution in [2.45, 2.75) is 19.8 Å². The largest absolute Gasteiger partial charge is 0.508 e. The van der Waals surface area contributed by atoms with Gasteiger partial charge in [-0.15, -0.1) is 10.2 Å². The molecule has 0 bridgehead atoms. The maximum Gasteiger partial charge on any atom is 0.268 e. The minimum atomic E-state index is -0.540. The number of benzene rings is 1. The number of aromatic nitrogens is 2. The molecule has 0 saturated heterocycles. The van der Waals surface area contributed by atoms with Crippen LogP contribution in [-0.4, -0.2) is 21.2 Å². The maximum atomic E-state index is 12.1. The third-order valence-corrected chi connectivity index (χ3v) is 3.86. The van der Waals surface area contributed by atoms with Gasteiger partial charge in [-0.2, -0.15) is 5.26 Å². The topological polar surface area (TPSA) is 98.9 Å². The molecule has 1 aromatic carbocycles. The third kappa shape index (κ3) is 3.90. The van der Waals surface area contributed by atoms with Gasteiger partial charge in [0.05, 0.1) is 0 Å². The number of phenols is 1. The SMILES string of the molecule is CC(C)c1nnc(NC(=O)/C(C#N)=C\c2ccc(O)cc2)s1. The fourth-order valence-electron chi connectivity index (χ4n) is 1.57. The van der Waals surface area contributed by atoms with Crippen LogP contribution in [0.1, 0.15) is 30.3 Å². The number of nitrogens with zero attached hydrogens (tertiary/aromatic N) is 3. The number of nitriles is 1. The second-order valence-electron chi connectivity index (χ2n) is 4.82. The zero-order chi connectivity index (χ0) is 16.1. The number of carbonyl (C=O) groups excluding carboxylic acids is 1. The van der Waals surface area contributed by atoms with E-state index in [0.29, 0.717) is 10.7 Å². The van der Waals surface area contributed by atoms with Gasteiger partial charge < -0.3 is 5.11 Å². The fraction of sp³-hybridized carbons (Fsp3) is 0.200. The number of hydrogen-bond donors (Lipinski definition) is 2. The molecule has 0 radical (unpaired) electrons. The van der Waals surface area contributed by atoms with E-state index >= 15 is 0 Å².